The summed E-state index contributed by atoms with van der Waals surface area (Å²) in [4.78, 5) is 40.5. The highest BCUT2D eigenvalue weighted by Gasteiger charge is 2.75. The van der Waals surface area contributed by atoms with E-state index >= 15 is 0 Å². The van der Waals surface area contributed by atoms with E-state index in [9.17, 15) is 24.8 Å². The van der Waals surface area contributed by atoms with Gasteiger partial charge in [-0.05, 0) is 61.9 Å². The Morgan fingerprint density at radius 3 is 2.29 bits per heavy atom. The number of aliphatic hydroxyl groups is 1. The van der Waals surface area contributed by atoms with Gasteiger partial charge in [0.05, 0.1) is 18.1 Å². The molecule has 0 saturated heterocycles. The first-order valence-corrected chi connectivity index (χ1v) is 14.2. The van der Waals surface area contributed by atoms with Gasteiger partial charge in [-0.15, -0.1) is 0 Å². The summed E-state index contributed by atoms with van der Waals surface area (Å²) in [5, 5.41) is 22.7. The fourth-order valence-corrected chi connectivity index (χ4v) is 8.96. The van der Waals surface area contributed by atoms with Crippen molar-refractivity contribution in [3.63, 3.8) is 0 Å². The van der Waals surface area contributed by atoms with Gasteiger partial charge >= 0.3 is 5.97 Å². The van der Waals surface area contributed by atoms with Crippen LogP contribution in [0.25, 0.3) is 0 Å². The number of ketones is 2. The van der Waals surface area contributed by atoms with Crippen LogP contribution >= 0.6 is 0 Å². The van der Waals surface area contributed by atoms with Gasteiger partial charge in [0, 0.05) is 22.7 Å². The van der Waals surface area contributed by atoms with Crippen molar-refractivity contribution in [2.45, 2.75) is 105 Å². The molecule has 4 aliphatic carbocycles. The quantitative estimate of drug-likeness (QED) is 0.280. The van der Waals surface area contributed by atoms with Gasteiger partial charge in [0.15, 0.2) is 11.6 Å². The summed E-state index contributed by atoms with van der Waals surface area (Å²) < 4.78 is 5.33. The van der Waals surface area contributed by atoms with Crippen LogP contribution in [0.4, 0.5) is 0 Å². The third-order valence-electron chi connectivity index (χ3n) is 11.5. The van der Waals surface area contributed by atoms with Crippen LogP contribution in [0.3, 0.4) is 0 Å². The summed E-state index contributed by atoms with van der Waals surface area (Å²) in [6.45, 7) is 14.1. The number of carbonyl (C=O) groups is 3. The molecular formula is C32H45NO5. The second kappa shape index (κ2) is 8.88. The maximum atomic E-state index is 14.3. The van der Waals surface area contributed by atoms with Crippen LogP contribution in [0.2, 0.25) is 0 Å². The SMILES string of the molecule is COC(=O)C12CCC(C)(C)CC1C1(O)C(=O)C=C3C(C)(C=C(C#N)C(=O)C(C)C)CCCC3(C)C1(C)CC2. The van der Waals surface area contributed by atoms with Crippen molar-refractivity contribution in [2.24, 2.45) is 38.9 Å². The van der Waals surface area contributed by atoms with Gasteiger partial charge < -0.3 is 9.84 Å². The fourth-order valence-electron chi connectivity index (χ4n) is 8.96. The van der Waals surface area contributed by atoms with Crippen LogP contribution in [0, 0.1) is 50.2 Å². The third-order valence-corrected chi connectivity index (χ3v) is 11.5. The van der Waals surface area contributed by atoms with E-state index in [0.717, 1.165) is 31.3 Å². The average molecular weight is 524 g/mol. The first kappa shape index (κ1) is 28.7. The molecule has 0 amide bonds. The molecule has 0 spiro atoms. The summed E-state index contributed by atoms with van der Waals surface area (Å²) in [6.07, 6.45) is 8.84. The molecule has 0 aromatic heterocycles. The number of fused-ring (bicyclic) bond motifs is 5. The molecule has 0 heterocycles. The largest absolute Gasteiger partial charge is 0.469 e. The Morgan fingerprint density at radius 2 is 1.71 bits per heavy atom. The van der Waals surface area contributed by atoms with Gasteiger partial charge in [0.25, 0.3) is 0 Å². The standard InChI is InChI=1S/C32H45NO5/c1-20(2)25(35)21(19-33)17-28(5)10-9-11-29(6)22(28)16-24(34)32(37)23-18-27(3,4)12-14-31(23,26(36)38-8)15-13-30(29,32)7/h16-17,20,23,37H,9-15,18H2,1-8H3. The lowest BCUT2D eigenvalue weighted by molar-refractivity contribution is -0.246. The Kier molecular flexibility index (Phi) is 6.72. The number of ether oxygens (including phenoxy) is 1. The van der Waals surface area contributed by atoms with Crippen LogP contribution in [0.15, 0.2) is 23.3 Å². The monoisotopic (exact) mass is 523 g/mol. The highest BCUT2D eigenvalue weighted by Crippen LogP contribution is 2.73. The lowest BCUT2D eigenvalue weighted by Crippen LogP contribution is -2.74. The summed E-state index contributed by atoms with van der Waals surface area (Å²) in [7, 11) is 1.40. The van der Waals surface area contributed by atoms with Gasteiger partial charge in [-0.3, -0.25) is 14.4 Å². The van der Waals surface area contributed by atoms with E-state index in [2.05, 4.69) is 26.8 Å². The number of esters is 1. The molecule has 4 rings (SSSR count). The summed E-state index contributed by atoms with van der Waals surface area (Å²) >= 11 is 0. The minimum atomic E-state index is -1.72. The van der Waals surface area contributed by atoms with Crippen LogP contribution in [0.5, 0.6) is 0 Å². The van der Waals surface area contributed by atoms with Crippen molar-refractivity contribution in [1.29, 1.82) is 5.26 Å². The minimum Gasteiger partial charge on any atom is -0.469 e. The zero-order chi connectivity index (χ0) is 28.5. The van der Waals surface area contributed by atoms with E-state index in [1.54, 1.807) is 26.0 Å². The van der Waals surface area contributed by atoms with Gasteiger partial charge in [-0.1, -0.05) is 66.5 Å². The molecule has 0 bridgehead atoms. The van der Waals surface area contributed by atoms with Crippen molar-refractivity contribution >= 4 is 17.5 Å². The van der Waals surface area contributed by atoms with E-state index in [-0.39, 0.29) is 34.4 Å². The Bertz CT molecular complexity index is 1170. The Balaban J connectivity index is 1.93. The first-order valence-electron chi connectivity index (χ1n) is 14.2. The Labute approximate surface area is 227 Å². The number of nitrogens with zero attached hydrogens (tertiary/aromatic N) is 1. The van der Waals surface area contributed by atoms with Crippen molar-refractivity contribution in [3.8, 4) is 6.07 Å². The zero-order valence-electron chi connectivity index (χ0n) is 24.5. The number of nitriles is 1. The van der Waals surface area contributed by atoms with E-state index in [1.165, 1.54) is 7.11 Å². The average Bonchev–Trinajstić information content (AvgIpc) is 2.85. The van der Waals surface area contributed by atoms with Crippen molar-refractivity contribution < 1.29 is 24.2 Å². The van der Waals surface area contributed by atoms with E-state index in [4.69, 9.17) is 4.74 Å². The van der Waals surface area contributed by atoms with Gasteiger partial charge in [-0.2, -0.15) is 5.26 Å². The van der Waals surface area contributed by atoms with Crippen molar-refractivity contribution in [1.82, 2.24) is 0 Å². The summed E-state index contributed by atoms with van der Waals surface area (Å²) in [6, 6.07) is 2.12. The number of allylic oxidation sites excluding steroid dienone is 3. The molecular weight excluding hydrogens is 478 g/mol. The highest BCUT2D eigenvalue weighted by molar-refractivity contribution is 6.02. The fraction of sp³-hybridized carbons (Fsp3) is 0.750. The lowest BCUT2D eigenvalue weighted by Gasteiger charge is -2.69. The number of hydrogen-bond acceptors (Lipinski definition) is 6. The predicted octanol–water partition coefficient (Wildman–Crippen LogP) is 5.88. The molecule has 6 unspecified atom stereocenters. The van der Waals surface area contributed by atoms with Crippen molar-refractivity contribution in [2.75, 3.05) is 7.11 Å². The van der Waals surface area contributed by atoms with Crippen molar-refractivity contribution in [3.05, 3.63) is 23.3 Å². The van der Waals surface area contributed by atoms with E-state index in [1.807, 2.05) is 13.8 Å². The number of Topliss-reactive ketones (excluding diaryl/α,β-unsaturated/α-hetero) is 1. The molecule has 0 aliphatic heterocycles. The molecule has 3 fully saturated rings. The molecule has 0 aromatic rings. The number of rotatable bonds is 4. The molecule has 0 aromatic carbocycles. The highest BCUT2D eigenvalue weighted by atomic mass is 16.5. The van der Waals surface area contributed by atoms with Crippen LogP contribution in [-0.4, -0.2) is 35.4 Å². The molecule has 6 heteroatoms. The molecule has 1 N–H and O–H groups in total. The maximum absolute atomic E-state index is 14.3. The number of methoxy groups -OCH3 is 1. The third kappa shape index (κ3) is 3.64. The molecule has 208 valence electrons. The molecule has 6 nitrogen and oxygen atoms in total. The van der Waals surface area contributed by atoms with Gasteiger partial charge in [-0.25, -0.2) is 0 Å². The van der Waals surface area contributed by atoms with E-state index in [0.29, 0.717) is 25.7 Å². The second-order valence-electron chi connectivity index (χ2n) is 14.4. The number of hydrogen-bond donors (Lipinski definition) is 1. The number of carbonyl (C=O) groups excluding carboxylic acids is 3. The lowest BCUT2D eigenvalue weighted by atomic mass is 9.34. The molecule has 4 aliphatic rings. The van der Waals surface area contributed by atoms with Gasteiger partial charge in [0.1, 0.15) is 11.7 Å². The topological polar surface area (TPSA) is 104 Å². The normalized spacial score (nSPS) is 42.2. The van der Waals surface area contributed by atoms with Crippen LogP contribution in [0.1, 0.15) is 99.8 Å². The molecule has 0 radical (unpaired) electrons. The summed E-state index contributed by atoms with van der Waals surface area (Å²) in [5.74, 6) is -1.71. The molecule has 6 atom stereocenters. The summed E-state index contributed by atoms with van der Waals surface area (Å²) in [5.41, 5.74) is -3.72. The van der Waals surface area contributed by atoms with Crippen LogP contribution in [-0.2, 0) is 19.1 Å². The Hall–Kier alpha value is -2.26. The zero-order valence-corrected chi connectivity index (χ0v) is 24.5. The molecule has 38 heavy (non-hydrogen) atoms. The minimum absolute atomic E-state index is 0.121. The molecule has 3 saturated carbocycles. The van der Waals surface area contributed by atoms with Crippen LogP contribution < -0.4 is 0 Å². The Morgan fingerprint density at radius 1 is 1.08 bits per heavy atom. The van der Waals surface area contributed by atoms with Gasteiger partial charge in [0.2, 0.25) is 0 Å². The maximum Gasteiger partial charge on any atom is 0.312 e. The smallest absolute Gasteiger partial charge is 0.312 e. The predicted molar refractivity (Wildman–Crippen MR) is 145 cm³/mol. The second-order valence-corrected chi connectivity index (χ2v) is 14.4. The van der Waals surface area contributed by atoms with E-state index < -0.39 is 33.2 Å². The first-order chi connectivity index (χ1) is 17.5.